The van der Waals surface area contributed by atoms with Crippen LogP contribution in [0.2, 0.25) is 0 Å². The Kier molecular flexibility index (Phi) is 7.45. The van der Waals surface area contributed by atoms with E-state index < -0.39 is 5.60 Å². The molecule has 0 radical (unpaired) electrons. The van der Waals surface area contributed by atoms with Gasteiger partial charge in [0.25, 0.3) is 0 Å². The van der Waals surface area contributed by atoms with Gasteiger partial charge in [0.2, 0.25) is 0 Å². The van der Waals surface area contributed by atoms with Crippen molar-refractivity contribution in [2.24, 2.45) is 5.92 Å². The number of benzene rings is 1. The quantitative estimate of drug-likeness (QED) is 0.551. The molecule has 2 rings (SSSR count). The number of hydrogen-bond donors (Lipinski definition) is 0. The summed E-state index contributed by atoms with van der Waals surface area (Å²) in [6, 6.07) is 10.1. The largest absolute Gasteiger partial charge is 0.459 e. The smallest absolute Gasteiger partial charge is 0.323 e. The van der Waals surface area contributed by atoms with E-state index in [0.717, 1.165) is 39.0 Å². The molecule has 1 atom stereocenters. The maximum atomic E-state index is 12.2. The zero-order chi connectivity index (χ0) is 18.3. The molecule has 0 N–H and O–H groups in total. The first kappa shape index (κ1) is 19.9. The van der Waals surface area contributed by atoms with Gasteiger partial charge in [-0.3, -0.25) is 9.69 Å². The molecule has 0 spiro atoms. The Bertz CT molecular complexity index is 516. The highest BCUT2D eigenvalue weighted by Gasteiger charge is 2.29. The second kappa shape index (κ2) is 9.35. The van der Waals surface area contributed by atoms with Gasteiger partial charge in [0.15, 0.2) is 0 Å². The molecule has 25 heavy (non-hydrogen) atoms. The van der Waals surface area contributed by atoms with E-state index >= 15 is 0 Å². The van der Waals surface area contributed by atoms with E-state index in [1.165, 1.54) is 5.56 Å². The van der Waals surface area contributed by atoms with Crippen molar-refractivity contribution in [2.45, 2.75) is 65.2 Å². The van der Waals surface area contributed by atoms with Gasteiger partial charge >= 0.3 is 5.97 Å². The highest BCUT2D eigenvalue weighted by molar-refractivity contribution is 5.75. The summed E-state index contributed by atoms with van der Waals surface area (Å²) >= 11 is 0. The van der Waals surface area contributed by atoms with E-state index in [9.17, 15) is 4.79 Å². The van der Waals surface area contributed by atoms with E-state index in [0.29, 0.717) is 12.5 Å². The third-order valence-corrected chi connectivity index (χ3v) is 4.73. The molecule has 1 heterocycles. The Morgan fingerprint density at radius 3 is 2.44 bits per heavy atom. The Morgan fingerprint density at radius 1 is 1.20 bits per heavy atom. The minimum Gasteiger partial charge on any atom is -0.459 e. The lowest BCUT2D eigenvalue weighted by Crippen LogP contribution is -2.46. The summed E-state index contributed by atoms with van der Waals surface area (Å²) in [7, 11) is 0. The molecule has 1 aliphatic rings. The first-order valence-electron chi connectivity index (χ1n) is 9.44. The van der Waals surface area contributed by atoms with Crippen LogP contribution in [0.1, 0.15) is 52.5 Å². The Hall–Kier alpha value is -1.39. The molecule has 4 nitrogen and oxygen atoms in total. The molecule has 1 aromatic carbocycles. The molecule has 0 saturated carbocycles. The highest BCUT2D eigenvalue weighted by Crippen LogP contribution is 2.23. The number of nitrogens with zero attached hydrogens (tertiary/aromatic N) is 1. The number of ether oxygens (including phenoxy) is 2. The van der Waals surface area contributed by atoms with Crippen LogP contribution in [0.4, 0.5) is 0 Å². The average molecular weight is 347 g/mol. The molecule has 0 bridgehead atoms. The molecule has 0 aliphatic carbocycles. The fourth-order valence-electron chi connectivity index (χ4n) is 3.18. The summed E-state index contributed by atoms with van der Waals surface area (Å²) in [6.07, 6.45) is 3.35. The lowest BCUT2D eigenvalue weighted by Gasteiger charge is -2.36. The van der Waals surface area contributed by atoms with Crippen molar-refractivity contribution in [3.63, 3.8) is 0 Å². The van der Waals surface area contributed by atoms with Gasteiger partial charge in [0.1, 0.15) is 11.6 Å². The summed E-state index contributed by atoms with van der Waals surface area (Å²) in [4.78, 5) is 14.4. The van der Waals surface area contributed by atoms with Crippen LogP contribution in [-0.4, -0.2) is 42.2 Å². The monoisotopic (exact) mass is 347 g/mol. The van der Waals surface area contributed by atoms with Crippen molar-refractivity contribution in [2.75, 3.05) is 19.7 Å². The Balaban J connectivity index is 1.63. The fourth-order valence-corrected chi connectivity index (χ4v) is 3.18. The van der Waals surface area contributed by atoms with E-state index in [1.807, 2.05) is 45.9 Å². The number of likely N-dealkylation sites (tertiary alicyclic amines) is 1. The molecule has 4 heteroatoms. The number of hydrogen-bond acceptors (Lipinski definition) is 4. The van der Waals surface area contributed by atoms with Crippen molar-refractivity contribution in [1.82, 2.24) is 4.90 Å². The topological polar surface area (TPSA) is 38.8 Å². The molecular weight excluding hydrogens is 314 g/mol. The highest BCUT2D eigenvalue weighted by atomic mass is 16.6. The maximum absolute atomic E-state index is 12.2. The van der Waals surface area contributed by atoms with E-state index in [1.54, 1.807) is 0 Å². The molecule has 140 valence electrons. The normalized spacial score (nSPS) is 18.1. The second-order valence-electron chi connectivity index (χ2n) is 8.02. The summed E-state index contributed by atoms with van der Waals surface area (Å²) < 4.78 is 11.3. The molecule has 0 aromatic heterocycles. The lowest BCUT2D eigenvalue weighted by molar-refractivity contribution is -0.161. The minimum absolute atomic E-state index is 0.114. The standard InChI is InChI=1S/C21H33NO3/c1-17(20(23)25-21(2,3)4)22-13-10-18(11-14-22)12-15-24-16-19-8-6-5-7-9-19/h5-9,17-18H,10-16H2,1-4H3. The SMILES string of the molecule is CC(C(=O)OC(C)(C)C)N1CCC(CCOCc2ccccc2)CC1. The van der Waals surface area contributed by atoms with Gasteiger partial charge < -0.3 is 9.47 Å². The Labute approximate surface area is 152 Å². The van der Waals surface area contributed by atoms with Gasteiger partial charge in [0.05, 0.1) is 6.61 Å². The van der Waals surface area contributed by atoms with Crippen molar-refractivity contribution >= 4 is 5.97 Å². The van der Waals surface area contributed by atoms with Crippen molar-refractivity contribution in [3.05, 3.63) is 35.9 Å². The molecule has 1 saturated heterocycles. The molecule has 1 unspecified atom stereocenters. The molecule has 1 aromatic rings. The van der Waals surface area contributed by atoms with Crippen LogP contribution in [-0.2, 0) is 20.9 Å². The second-order valence-corrected chi connectivity index (χ2v) is 8.02. The number of rotatable bonds is 7. The molecule has 1 aliphatic heterocycles. The van der Waals surface area contributed by atoms with Crippen LogP contribution in [0, 0.1) is 5.92 Å². The maximum Gasteiger partial charge on any atom is 0.323 e. The summed E-state index contributed by atoms with van der Waals surface area (Å²) in [6.45, 7) is 11.1. The molecular formula is C21H33NO3. The first-order chi connectivity index (χ1) is 11.8. The van der Waals surface area contributed by atoms with Gasteiger partial charge in [-0.25, -0.2) is 0 Å². The van der Waals surface area contributed by atoms with Crippen molar-refractivity contribution < 1.29 is 14.3 Å². The summed E-state index contributed by atoms with van der Waals surface area (Å²) in [5, 5.41) is 0. The minimum atomic E-state index is -0.417. The number of carbonyl (C=O) groups is 1. The van der Waals surface area contributed by atoms with Crippen LogP contribution >= 0.6 is 0 Å². The van der Waals surface area contributed by atoms with Gasteiger partial charge in [-0.1, -0.05) is 30.3 Å². The average Bonchev–Trinajstić information content (AvgIpc) is 2.58. The zero-order valence-corrected chi connectivity index (χ0v) is 16.2. The Morgan fingerprint density at radius 2 is 1.84 bits per heavy atom. The predicted octanol–water partition coefficient (Wildman–Crippen LogP) is 4.04. The molecule has 0 amide bonds. The van der Waals surface area contributed by atoms with E-state index in [-0.39, 0.29) is 12.0 Å². The lowest BCUT2D eigenvalue weighted by atomic mass is 9.93. The van der Waals surface area contributed by atoms with Crippen LogP contribution in [0.5, 0.6) is 0 Å². The summed E-state index contributed by atoms with van der Waals surface area (Å²) in [5.74, 6) is 0.579. The fraction of sp³-hybridized carbons (Fsp3) is 0.667. The third kappa shape index (κ3) is 7.17. The van der Waals surface area contributed by atoms with Gasteiger partial charge in [-0.2, -0.15) is 0 Å². The van der Waals surface area contributed by atoms with E-state index in [4.69, 9.17) is 9.47 Å². The number of piperidine rings is 1. The van der Waals surface area contributed by atoms with Crippen molar-refractivity contribution in [3.8, 4) is 0 Å². The summed E-state index contributed by atoms with van der Waals surface area (Å²) in [5.41, 5.74) is 0.809. The first-order valence-corrected chi connectivity index (χ1v) is 9.44. The van der Waals surface area contributed by atoms with Gasteiger partial charge in [-0.15, -0.1) is 0 Å². The van der Waals surface area contributed by atoms with Crippen LogP contribution in [0.15, 0.2) is 30.3 Å². The van der Waals surface area contributed by atoms with Crippen LogP contribution in [0.25, 0.3) is 0 Å². The number of esters is 1. The van der Waals surface area contributed by atoms with Gasteiger partial charge in [-0.05, 0) is 71.5 Å². The van der Waals surface area contributed by atoms with Crippen LogP contribution < -0.4 is 0 Å². The third-order valence-electron chi connectivity index (χ3n) is 4.73. The van der Waals surface area contributed by atoms with Gasteiger partial charge in [0, 0.05) is 6.61 Å². The van der Waals surface area contributed by atoms with Crippen LogP contribution in [0.3, 0.4) is 0 Å². The predicted molar refractivity (Wildman–Crippen MR) is 100 cm³/mol. The number of carbonyl (C=O) groups excluding carboxylic acids is 1. The zero-order valence-electron chi connectivity index (χ0n) is 16.2. The molecule has 1 fully saturated rings. The van der Waals surface area contributed by atoms with Crippen molar-refractivity contribution in [1.29, 1.82) is 0 Å². The van der Waals surface area contributed by atoms with E-state index in [2.05, 4.69) is 17.0 Å².